The minimum Gasteiger partial charge on any atom is -0.463 e. The molecule has 16 heavy (non-hydrogen) atoms. The van der Waals surface area contributed by atoms with Gasteiger partial charge in [0, 0.05) is 0 Å². The highest BCUT2D eigenvalue weighted by atomic mass is 79.9. The summed E-state index contributed by atoms with van der Waals surface area (Å²) in [5.74, 6) is -0.0351. The normalized spacial score (nSPS) is 10.7. The molecule has 0 atom stereocenters. The maximum Gasteiger partial charge on any atom is 0.252 e. The van der Waals surface area contributed by atoms with E-state index in [1.165, 1.54) is 0 Å². The van der Waals surface area contributed by atoms with E-state index in [4.69, 9.17) is 10.5 Å². The fourth-order valence-electron chi connectivity index (χ4n) is 1.24. The quantitative estimate of drug-likeness (QED) is 0.863. The molecule has 0 bridgehead atoms. The minimum absolute atomic E-state index is 0.382. The number of nitrogens with two attached hydrogens (primary N) is 1. The Morgan fingerprint density at radius 2 is 2.25 bits per heavy atom. The second-order valence-electron chi connectivity index (χ2n) is 3.39. The van der Waals surface area contributed by atoms with Crippen LogP contribution >= 0.6 is 15.9 Å². The number of primary amides is 1. The highest BCUT2D eigenvalue weighted by molar-refractivity contribution is 9.10. The Morgan fingerprint density at radius 3 is 2.81 bits per heavy atom. The van der Waals surface area contributed by atoms with E-state index in [2.05, 4.69) is 15.9 Å². The molecule has 0 fully saturated rings. The van der Waals surface area contributed by atoms with Crippen LogP contribution in [0.5, 0.6) is 5.75 Å². The summed E-state index contributed by atoms with van der Waals surface area (Å²) in [5.41, 5.74) is 6.63. The van der Waals surface area contributed by atoms with Gasteiger partial charge in [-0.3, -0.25) is 4.79 Å². The number of benzene rings is 1. The van der Waals surface area contributed by atoms with E-state index in [0.717, 1.165) is 16.5 Å². The summed E-state index contributed by atoms with van der Waals surface area (Å²) in [6, 6.07) is 3.59. The lowest BCUT2D eigenvalue weighted by Gasteiger charge is -2.09. The number of carbonyl (C=O) groups excluding carboxylic acids is 1. The second-order valence-corrected chi connectivity index (χ2v) is 4.24. The molecule has 2 N–H and O–H groups in total. The minimum atomic E-state index is -0.496. The molecule has 0 aliphatic rings. The summed E-state index contributed by atoms with van der Waals surface area (Å²) >= 11 is 3.35. The Balaban J connectivity index is 3.14. The molecular weight excluding hydrogens is 270 g/mol. The van der Waals surface area contributed by atoms with Gasteiger partial charge in [0.1, 0.15) is 0 Å². The van der Waals surface area contributed by atoms with E-state index in [-0.39, 0.29) is 0 Å². The third-order valence-corrected chi connectivity index (χ3v) is 2.56. The highest BCUT2D eigenvalue weighted by Crippen LogP contribution is 2.30. The summed E-state index contributed by atoms with van der Waals surface area (Å²) in [6.07, 6.45) is 4.29. The number of allylic oxidation sites excluding steroid dienone is 1. The number of amides is 1. The van der Waals surface area contributed by atoms with E-state index < -0.39 is 5.91 Å². The molecule has 1 aromatic rings. The molecule has 0 heterocycles. The molecule has 86 valence electrons. The smallest absolute Gasteiger partial charge is 0.252 e. The SMILES string of the molecule is CC/C=C/Oc1c(Br)cc(C)cc1C(N)=O. The zero-order valence-electron chi connectivity index (χ0n) is 9.29. The van der Waals surface area contributed by atoms with Gasteiger partial charge in [-0.25, -0.2) is 0 Å². The van der Waals surface area contributed by atoms with Crippen molar-refractivity contribution in [2.24, 2.45) is 5.73 Å². The Hall–Kier alpha value is -1.29. The first-order chi connectivity index (χ1) is 7.56. The summed E-state index contributed by atoms with van der Waals surface area (Å²) in [7, 11) is 0. The summed E-state index contributed by atoms with van der Waals surface area (Å²) in [5, 5.41) is 0. The fraction of sp³-hybridized carbons (Fsp3) is 0.250. The lowest BCUT2D eigenvalue weighted by Crippen LogP contribution is -2.12. The summed E-state index contributed by atoms with van der Waals surface area (Å²) in [6.45, 7) is 3.89. The van der Waals surface area contributed by atoms with Crippen LogP contribution in [0.3, 0.4) is 0 Å². The number of hydrogen-bond donors (Lipinski definition) is 1. The van der Waals surface area contributed by atoms with Crippen LogP contribution in [0.4, 0.5) is 0 Å². The number of rotatable bonds is 4. The van der Waals surface area contributed by atoms with E-state index >= 15 is 0 Å². The van der Waals surface area contributed by atoms with Crippen molar-refractivity contribution in [3.05, 3.63) is 40.1 Å². The van der Waals surface area contributed by atoms with Crippen LogP contribution in [-0.4, -0.2) is 5.91 Å². The van der Waals surface area contributed by atoms with E-state index in [1.807, 2.05) is 26.0 Å². The molecule has 0 radical (unpaired) electrons. The molecule has 0 aliphatic carbocycles. The fourth-order valence-corrected chi connectivity index (χ4v) is 1.91. The van der Waals surface area contributed by atoms with Crippen LogP contribution in [0.25, 0.3) is 0 Å². The van der Waals surface area contributed by atoms with Gasteiger partial charge in [-0.1, -0.05) is 6.92 Å². The Bertz CT molecular complexity index is 427. The maximum atomic E-state index is 11.3. The third-order valence-electron chi connectivity index (χ3n) is 1.97. The Labute approximate surface area is 103 Å². The highest BCUT2D eigenvalue weighted by Gasteiger charge is 2.13. The van der Waals surface area contributed by atoms with Crippen LogP contribution in [0, 0.1) is 6.92 Å². The average Bonchev–Trinajstić information content (AvgIpc) is 2.20. The predicted molar refractivity (Wildman–Crippen MR) is 67.5 cm³/mol. The zero-order valence-corrected chi connectivity index (χ0v) is 10.9. The largest absolute Gasteiger partial charge is 0.463 e. The van der Waals surface area contributed by atoms with Crippen LogP contribution < -0.4 is 10.5 Å². The van der Waals surface area contributed by atoms with Crippen molar-refractivity contribution < 1.29 is 9.53 Å². The molecule has 1 amide bonds. The first-order valence-electron chi connectivity index (χ1n) is 4.97. The van der Waals surface area contributed by atoms with E-state index in [0.29, 0.717) is 11.3 Å². The van der Waals surface area contributed by atoms with Crippen molar-refractivity contribution in [1.82, 2.24) is 0 Å². The van der Waals surface area contributed by atoms with Gasteiger partial charge >= 0.3 is 0 Å². The second kappa shape index (κ2) is 5.70. The van der Waals surface area contributed by atoms with Crippen molar-refractivity contribution in [2.45, 2.75) is 20.3 Å². The molecule has 0 saturated heterocycles. The van der Waals surface area contributed by atoms with Gasteiger partial charge in [-0.15, -0.1) is 0 Å². The van der Waals surface area contributed by atoms with Crippen LogP contribution in [0.1, 0.15) is 29.3 Å². The van der Waals surface area contributed by atoms with Crippen LogP contribution in [0.2, 0.25) is 0 Å². The number of ether oxygens (including phenoxy) is 1. The zero-order chi connectivity index (χ0) is 12.1. The molecule has 1 aromatic carbocycles. The molecule has 3 nitrogen and oxygen atoms in total. The summed E-state index contributed by atoms with van der Waals surface area (Å²) < 4.78 is 6.12. The van der Waals surface area contributed by atoms with Crippen LogP contribution in [-0.2, 0) is 0 Å². The van der Waals surface area contributed by atoms with Crippen molar-refractivity contribution in [2.75, 3.05) is 0 Å². The first-order valence-corrected chi connectivity index (χ1v) is 5.77. The topological polar surface area (TPSA) is 52.3 Å². The Morgan fingerprint density at radius 1 is 1.56 bits per heavy atom. The average molecular weight is 284 g/mol. The number of hydrogen-bond acceptors (Lipinski definition) is 2. The summed E-state index contributed by atoms with van der Waals surface area (Å²) in [4.78, 5) is 11.3. The Kier molecular flexibility index (Phi) is 4.55. The van der Waals surface area contributed by atoms with Crippen molar-refractivity contribution in [3.63, 3.8) is 0 Å². The van der Waals surface area contributed by atoms with Crippen LogP contribution in [0.15, 0.2) is 28.9 Å². The van der Waals surface area contributed by atoms with Gasteiger partial charge in [0.2, 0.25) is 0 Å². The number of carbonyl (C=O) groups is 1. The van der Waals surface area contributed by atoms with Gasteiger partial charge < -0.3 is 10.5 Å². The standard InChI is InChI=1S/C12H14BrNO2/c1-3-4-5-16-11-9(12(14)15)6-8(2)7-10(11)13/h4-7H,3H2,1-2H3,(H2,14,15)/b5-4+. The molecule has 0 aromatic heterocycles. The maximum absolute atomic E-state index is 11.3. The van der Waals surface area contributed by atoms with E-state index in [9.17, 15) is 4.79 Å². The molecule has 0 unspecified atom stereocenters. The molecule has 0 saturated carbocycles. The van der Waals surface area contributed by atoms with Crippen molar-refractivity contribution in [3.8, 4) is 5.75 Å². The molecule has 4 heteroatoms. The number of aryl methyl sites for hydroxylation is 1. The number of halogens is 1. The molecule has 1 rings (SSSR count). The lowest BCUT2D eigenvalue weighted by molar-refractivity contribution is 0.0998. The van der Waals surface area contributed by atoms with Gasteiger partial charge in [0.15, 0.2) is 5.75 Å². The van der Waals surface area contributed by atoms with E-state index in [1.54, 1.807) is 12.3 Å². The van der Waals surface area contributed by atoms with Gasteiger partial charge in [-0.05, 0) is 53.0 Å². The molecule has 0 spiro atoms. The van der Waals surface area contributed by atoms with Crippen molar-refractivity contribution in [1.29, 1.82) is 0 Å². The first kappa shape index (κ1) is 12.8. The predicted octanol–water partition coefficient (Wildman–Crippen LogP) is 3.16. The van der Waals surface area contributed by atoms with Crippen molar-refractivity contribution >= 4 is 21.8 Å². The van der Waals surface area contributed by atoms with Gasteiger partial charge in [0.05, 0.1) is 16.3 Å². The van der Waals surface area contributed by atoms with Gasteiger partial charge in [-0.2, -0.15) is 0 Å². The third kappa shape index (κ3) is 3.10. The molecule has 0 aliphatic heterocycles. The van der Waals surface area contributed by atoms with Gasteiger partial charge in [0.25, 0.3) is 5.91 Å². The lowest BCUT2D eigenvalue weighted by atomic mass is 10.1. The molecular formula is C12H14BrNO2. The monoisotopic (exact) mass is 283 g/mol.